The van der Waals surface area contributed by atoms with Crippen molar-refractivity contribution in [1.29, 1.82) is 0 Å². The van der Waals surface area contributed by atoms with E-state index in [0.717, 1.165) is 11.3 Å². The average molecular weight is 398 g/mol. The van der Waals surface area contributed by atoms with Crippen molar-refractivity contribution in [3.8, 4) is 0 Å². The Balaban J connectivity index is 1.57. The zero-order valence-corrected chi connectivity index (χ0v) is 16.0. The lowest BCUT2D eigenvalue weighted by Crippen LogP contribution is -2.15. The largest absolute Gasteiger partial charge is 0.368 e. The minimum Gasteiger partial charge on any atom is -0.368 e. The molecule has 0 aliphatic heterocycles. The van der Waals surface area contributed by atoms with Crippen LogP contribution in [0.5, 0.6) is 0 Å². The number of rotatable bonds is 7. The lowest BCUT2D eigenvalue weighted by molar-refractivity contribution is -0.113. The van der Waals surface area contributed by atoms with Crippen LogP contribution >= 0.6 is 11.8 Å². The van der Waals surface area contributed by atoms with Crippen LogP contribution in [0.1, 0.15) is 11.4 Å². The van der Waals surface area contributed by atoms with Crippen LogP contribution in [0.2, 0.25) is 0 Å². The molecule has 1 aromatic heterocycles. The second kappa shape index (κ2) is 9.14. The number of nitrogens with one attached hydrogen (secondary N) is 2. The second-order valence-electron chi connectivity index (χ2n) is 5.89. The van der Waals surface area contributed by atoms with Crippen molar-refractivity contribution in [2.75, 3.05) is 22.1 Å². The molecule has 7 nitrogen and oxygen atoms in total. The summed E-state index contributed by atoms with van der Waals surface area (Å²) in [4.78, 5) is 24.5. The van der Waals surface area contributed by atoms with Crippen LogP contribution in [0, 0.1) is 12.7 Å². The molecular formula is C19H19FN6OS. The van der Waals surface area contributed by atoms with Gasteiger partial charge in [-0.05, 0) is 30.7 Å². The molecule has 0 radical (unpaired) electrons. The van der Waals surface area contributed by atoms with Gasteiger partial charge >= 0.3 is 0 Å². The summed E-state index contributed by atoms with van der Waals surface area (Å²) < 4.78 is 13.6. The van der Waals surface area contributed by atoms with Gasteiger partial charge in [0.05, 0.1) is 17.2 Å². The molecule has 0 spiro atoms. The number of aromatic nitrogens is 3. The summed E-state index contributed by atoms with van der Waals surface area (Å²) in [6.45, 7) is 1.97. The molecule has 0 aliphatic rings. The van der Waals surface area contributed by atoms with Crippen LogP contribution in [-0.4, -0.2) is 26.6 Å². The van der Waals surface area contributed by atoms with Crippen LogP contribution < -0.4 is 16.4 Å². The highest BCUT2D eigenvalue weighted by Crippen LogP contribution is 2.19. The molecule has 9 heteroatoms. The van der Waals surface area contributed by atoms with E-state index in [-0.39, 0.29) is 23.3 Å². The molecule has 3 rings (SSSR count). The smallest absolute Gasteiger partial charge is 0.234 e. The molecule has 3 aromatic rings. The molecule has 0 fully saturated rings. The first kappa shape index (κ1) is 19.6. The Hall–Kier alpha value is -3.20. The minimum atomic E-state index is -0.474. The van der Waals surface area contributed by atoms with E-state index in [1.807, 2.05) is 31.2 Å². The van der Waals surface area contributed by atoms with E-state index in [2.05, 4.69) is 25.6 Å². The quantitative estimate of drug-likeness (QED) is 0.559. The maximum Gasteiger partial charge on any atom is 0.234 e. The second-order valence-corrected chi connectivity index (χ2v) is 6.88. The van der Waals surface area contributed by atoms with Gasteiger partial charge in [-0.3, -0.25) is 4.79 Å². The number of nitrogens with two attached hydrogens (primary N) is 1. The summed E-state index contributed by atoms with van der Waals surface area (Å²) in [5, 5.41) is 5.65. The van der Waals surface area contributed by atoms with E-state index >= 15 is 0 Å². The van der Waals surface area contributed by atoms with E-state index in [1.54, 1.807) is 12.1 Å². The summed E-state index contributed by atoms with van der Waals surface area (Å²) in [6.07, 6.45) is 0. The molecule has 28 heavy (non-hydrogen) atoms. The number of anilines is 4. The van der Waals surface area contributed by atoms with Gasteiger partial charge in [0.15, 0.2) is 0 Å². The molecule has 0 bridgehead atoms. The summed E-state index contributed by atoms with van der Waals surface area (Å²) in [5.74, 6) is 0.590. The monoisotopic (exact) mass is 398 g/mol. The molecule has 1 amide bonds. The number of carbonyl (C=O) groups excluding carboxylic acids is 1. The average Bonchev–Trinajstić information content (AvgIpc) is 2.65. The Morgan fingerprint density at radius 1 is 1.07 bits per heavy atom. The standard InChI is InChI=1S/C19H19FN6OS/c1-12-6-2-4-8-14(12)23-19-25-16(24-18(21)26-19)10-28-11-17(27)22-15-9-5-3-7-13(15)20/h2-9H,10-11H2,1H3,(H,22,27)(H3,21,23,24,25,26). The van der Waals surface area contributed by atoms with Gasteiger partial charge in [-0.15, -0.1) is 11.8 Å². The van der Waals surface area contributed by atoms with E-state index in [4.69, 9.17) is 5.73 Å². The molecule has 2 aromatic carbocycles. The van der Waals surface area contributed by atoms with Gasteiger partial charge in [0, 0.05) is 5.69 Å². The third-order valence-corrected chi connectivity index (χ3v) is 4.63. The Morgan fingerprint density at radius 2 is 1.79 bits per heavy atom. The first-order valence-corrected chi connectivity index (χ1v) is 9.62. The van der Waals surface area contributed by atoms with Crippen molar-refractivity contribution in [2.24, 2.45) is 0 Å². The Morgan fingerprint density at radius 3 is 2.54 bits per heavy atom. The summed E-state index contributed by atoms with van der Waals surface area (Å²) >= 11 is 1.30. The number of thioether (sulfide) groups is 1. The number of nitrogen functional groups attached to an aromatic ring is 1. The maximum atomic E-state index is 13.6. The number of aryl methyl sites for hydroxylation is 1. The van der Waals surface area contributed by atoms with Gasteiger partial charge in [0.25, 0.3) is 0 Å². The first-order chi connectivity index (χ1) is 13.5. The molecule has 144 valence electrons. The number of nitrogens with zero attached hydrogens (tertiary/aromatic N) is 3. The molecule has 0 unspecified atom stereocenters. The van der Waals surface area contributed by atoms with Crippen LogP contribution in [0.3, 0.4) is 0 Å². The summed E-state index contributed by atoms with van der Waals surface area (Å²) in [7, 11) is 0. The van der Waals surface area contributed by atoms with Crippen LogP contribution in [0.4, 0.5) is 27.7 Å². The van der Waals surface area contributed by atoms with Crippen LogP contribution in [-0.2, 0) is 10.5 Å². The van der Waals surface area contributed by atoms with Crippen molar-refractivity contribution in [1.82, 2.24) is 15.0 Å². The van der Waals surface area contributed by atoms with Gasteiger partial charge in [0.1, 0.15) is 11.6 Å². The summed E-state index contributed by atoms with van der Waals surface area (Å²) in [6, 6.07) is 13.7. The number of para-hydroxylation sites is 2. The van der Waals surface area contributed by atoms with Gasteiger partial charge < -0.3 is 16.4 Å². The lowest BCUT2D eigenvalue weighted by Gasteiger charge is -2.09. The van der Waals surface area contributed by atoms with E-state index in [9.17, 15) is 9.18 Å². The van der Waals surface area contributed by atoms with Crippen LogP contribution in [0.15, 0.2) is 48.5 Å². The molecule has 1 heterocycles. The Kier molecular flexibility index (Phi) is 6.38. The Labute approximate surface area is 166 Å². The molecule has 4 N–H and O–H groups in total. The van der Waals surface area contributed by atoms with Gasteiger partial charge in [-0.1, -0.05) is 30.3 Å². The number of hydrogen-bond acceptors (Lipinski definition) is 7. The van der Waals surface area contributed by atoms with E-state index in [1.165, 1.54) is 23.9 Å². The van der Waals surface area contributed by atoms with E-state index < -0.39 is 5.82 Å². The van der Waals surface area contributed by atoms with E-state index in [0.29, 0.717) is 17.5 Å². The van der Waals surface area contributed by atoms with Crippen molar-refractivity contribution >= 4 is 40.9 Å². The molecule has 0 aliphatic carbocycles. The maximum absolute atomic E-state index is 13.6. The van der Waals surface area contributed by atoms with Crippen molar-refractivity contribution < 1.29 is 9.18 Å². The molecule has 0 saturated heterocycles. The highest BCUT2D eigenvalue weighted by molar-refractivity contribution is 7.99. The van der Waals surface area contributed by atoms with Crippen molar-refractivity contribution in [3.63, 3.8) is 0 Å². The zero-order chi connectivity index (χ0) is 19.9. The van der Waals surface area contributed by atoms with Gasteiger partial charge in [0.2, 0.25) is 17.8 Å². The topological polar surface area (TPSA) is 106 Å². The number of carbonyl (C=O) groups is 1. The highest BCUT2D eigenvalue weighted by atomic mass is 32.2. The zero-order valence-electron chi connectivity index (χ0n) is 15.1. The molecule has 0 saturated carbocycles. The fourth-order valence-electron chi connectivity index (χ4n) is 2.38. The lowest BCUT2D eigenvalue weighted by atomic mass is 10.2. The molecular weight excluding hydrogens is 379 g/mol. The van der Waals surface area contributed by atoms with Crippen molar-refractivity contribution in [2.45, 2.75) is 12.7 Å². The number of halogens is 1. The van der Waals surface area contributed by atoms with Gasteiger partial charge in [-0.25, -0.2) is 4.39 Å². The third kappa shape index (κ3) is 5.40. The Bertz CT molecular complexity index is 984. The van der Waals surface area contributed by atoms with Crippen molar-refractivity contribution in [3.05, 3.63) is 65.7 Å². The fraction of sp³-hybridized carbons (Fsp3) is 0.158. The predicted molar refractivity (Wildman–Crippen MR) is 110 cm³/mol. The number of hydrogen-bond donors (Lipinski definition) is 3. The summed E-state index contributed by atoms with van der Waals surface area (Å²) in [5.41, 5.74) is 7.84. The normalized spacial score (nSPS) is 10.5. The first-order valence-electron chi connectivity index (χ1n) is 8.46. The third-order valence-electron chi connectivity index (χ3n) is 3.70. The SMILES string of the molecule is Cc1ccccc1Nc1nc(N)nc(CSCC(=O)Nc2ccccc2F)n1. The molecule has 0 atom stereocenters. The predicted octanol–water partition coefficient (Wildman–Crippen LogP) is 3.52. The highest BCUT2D eigenvalue weighted by Gasteiger charge is 2.09. The van der Waals surface area contributed by atoms with Gasteiger partial charge in [-0.2, -0.15) is 15.0 Å². The number of benzene rings is 2. The fourth-order valence-corrected chi connectivity index (χ4v) is 3.05. The minimum absolute atomic E-state index is 0.0949. The van der Waals surface area contributed by atoms with Crippen LogP contribution in [0.25, 0.3) is 0 Å². The number of amides is 1.